The number of carbonyl (C=O) groups is 1. The van der Waals surface area contributed by atoms with Crippen LogP contribution >= 0.6 is 0 Å². The zero-order chi connectivity index (χ0) is 9.14. The molecule has 1 rings (SSSR count). The van der Waals surface area contributed by atoms with Crippen molar-refractivity contribution < 1.29 is 22.3 Å². The minimum Gasteiger partial charge on any atom is -1.00 e. The molecule has 0 amide bonds. The number of carboxylic acids is 1. The van der Waals surface area contributed by atoms with Crippen molar-refractivity contribution in [3.63, 3.8) is 0 Å². The van der Waals surface area contributed by atoms with Crippen molar-refractivity contribution in [1.29, 1.82) is 0 Å². The Kier molecular flexibility index (Phi) is 4.88. The Morgan fingerprint density at radius 2 is 1.69 bits per heavy atom. The second-order valence-corrected chi connectivity index (χ2v) is 4.75. The van der Waals surface area contributed by atoms with Crippen molar-refractivity contribution in [2.75, 3.05) is 12.5 Å². The standard InChI is InChI=1S/C9H10O2S.ClH/c1-12(2)8-5-3-7(4-6-8)9(10)11;/h3-6H,1-2H3;1H. The van der Waals surface area contributed by atoms with E-state index >= 15 is 0 Å². The summed E-state index contributed by atoms with van der Waals surface area (Å²) >= 11 is 0. The molecule has 0 unspecified atom stereocenters. The molecule has 1 aromatic rings. The minimum absolute atomic E-state index is 0. The number of rotatable bonds is 2. The maximum Gasteiger partial charge on any atom is 0.335 e. The summed E-state index contributed by atoms with van der Waals surface area (Å²) in [5.41, 5.74) is 0.351. The molecule has 0 bridgehead atoms. The van der Waals surface area contributed by atoms with Gasteiger partial charge in [-0.1, -0.05) is 0 Å². The van der Waals surface area contributed by atoms with Gasteiger partial charge in [-0.25, -0.2) is 4.79 Å². The first kappa shape index (κ1) is 12.3. The van der Waals surface area contributed by atoms with Crippen LogP contribution in [0.25, 0.3) is 0 Å². The molecule has 4 heteroatoms. The zero-order valence-corrected chi connectivity index (χ0v) is 9.02. The summed E-state index contributed by atoms with van der Waals surface area (Å²) in [5.74, 6) is -0.867. The Labute approximate surface area is 86.7 Å². The average molecular weight is 219 g/mol. The van der Waals surface area contributed by atoms with Gasteiger partial charge in [-0.15, -0.1) is 0 Å². The van der Waals surface area contributed by atoms with Crippen LogP contribution in [0.15, 0.2) is 29.2 Å². The van der Waals surface area contributed by atoms with Gasteiger partial charge in [0.2, 0.25) is 0 Å². The van der Waals surface area contributed by atoms with Crippen LogP contribution in [0, 0.1) is 0 Å². The number of benzene rings is 1. The molecule has 1 N–H and O–H groups in total. The van der Waals surface area contributed by atoms with Crippen molar-refractivity contribution >= 4 is 16.9 Å². The third kappa shape index (κ3) is 3.28. The third-order valence-electron chi connectivity index (χ3n) is 1.57. The maximum absolute atomic E-state index is 10.5. The summed E-state index contributed by atoms with van der Waals surface area (Å²) in [6, 6.07) is 7.02. The van der Waals surface area contributed by atoms with Gasteiger partial charge in [0, 0.05) is 10.9 Å². The van der Waals surface area contributed by atoms with Gasteiger partial charge in [-0.3, -0.25) is 0 Å². The van der Waals surface area contributed by atoms with Gasteiger partial charge in [-0.2, -0.15) is 0 Å². The molecular weight excluding hydrogens is 208 g/mol. The van der Waals surface area contributed by atoms with E-state index < -0.39 is 5.97 Å². The van der Waals surface area contributed by atoms with Crippen LogP contribution in [0.5, 0.6) is 0 Å². The summed E-state index contributed by atoms with van der Waals surface area (Å²) in [7, 11) is 0.207. The molecule has 1 aromatic carbocycles. The number of carboxylic acid groups (broad SMARTS) is 1. The van der Waals surface area contributed by atoms with Crippen molar-refractivity contribution in [3.05, 3.63) is 29.8 Å². The lowest BCUT2D eigenvalue weighted by atomic mass is 10.2. The van der Waals surface area contributed by atoms with E-state index in [-0.39, 0.29) is 23.3 Å². The Balaban J connectivity index is 0.00000144. The van der Waals surface area contributed by atoms with E-state index in [1.807, 2.05) is 12.1 Å². The molecule has 2 nitrogen and oxygen atoms in total. The van der Waals surface area contributed by atoms with Gasteiger partial charge >= 0.3 is 5.97 Å². The molecule has 13 heavy (non-hydrogen) atoms. The molecule has 0 aliphatic rings. The molecule has 0 aliphatic carbocycles. The van der Waals surface area contributed by atoms with E-state index in [0.717, 1.165) is 0 Å². The first-order valence-corrected chi connectivity index (χ1v) is 5.56. The lowest BCUT2D eigenvalue weighted by Gasteiger charge is -1.96. The highest BCUT2D eigenvalue weighted by Crippen LogP contribution is 2.10. The second kappa shape index (κ2) is 5.14. The van der Waals surface area contributed by atoms with Crippen LogP contribution in [0.2, 0.25) is 0 Å². The first-order chi connectivity index (χ1) is 5.61. The van der Waals surface area contributed by atoms with Gasteiger partial charge in [0.25, 0.3) is 0 Å². The molecule has 0 saturated heterocycles. The largest absolute Gasteiger partial charge is 1.00 e. The molecular formula is C9H11ClO2S. The van der Waals surface area contributed by atoms with Crippen molar-refractivity contribution in [3.8, 4) is 0 Å². The Morgan fingerprint density at radius 3 is 2.00 bits per heavy atom. The number of halogens is 1. The lowest BCUT2D eigenvalue weighted by Crippen LogP contribution is -3.00. The van der Waals surface area contributed by atoms with Gasteiger partial charge in [-0.05, 0) is 24.3 Å². The monoisotopic (exact) mass is 218 g/mol. The molecule has 72 valence electrons. The van der Waals surface area contributed by atoms with E-state index in [2.05, 4.69) is 12.5 Å². The summed E-state index contributed by atoms with van der Waals surface area (Å²) in [6.07, 6.45) is 4.21. The highest BCUT2D eigenvalue weighted by atomic mass is 35.5. The van der Waals surface area contributed by atoms with E-state index in [9.17, 15) is 4.79 Å². The first-order valence-electron chi connectivity index (χ1n) is 3.52. The molecule has 0 aromatic heterocycles. The minimum atomic E-state index is -0.867. The predicted octanol–water partition coefficient (Wildman–Crippen LogP) is -1.37. The van der Waals surface area contributed by atoms with E-state index in [1.54, 1.807) is 12.1 Å². The fraction of sp³-hybridized carbons (Fsp3) is 0.222. The van der Waals surface area contributed by atoms with Crippen molar-refractivity contribution in [2.45, 2.75) is 4.90 Å². The van der Waals surface area contributed by atoms with Gasteiger partial charge < -0.3 is 17.5 Å². The van der Waals surface area contributed by atoms with Gasteiger partial charge in [0.15, 0.2) is 4.90 Å². The van der Waals surface area contributed by atoms with Gasteiger partial charge in [0.05, 0.1) is 5.56 Å². The van der Waals surface area contributed by atoms with E-state index in [1.165, 1.54) is 4.90 Å². The highest BCUT2D eigenvalue weighted by molar-refractivity contribution is 7.95. The summed E-state index contributed by atoms with van der Waals surface area (Å²) in [5, 5.41) is 8.62. The van der Waals surface area contributed by atoms with Crippen molar-refractivity contribution in [2.24, 2.45) is 0 Å². The fourth-order valence-electron chi connectivity index (χ4n) is 0.870. The highest BCUT2D eigenvalue weighted by Gasteiger charge is 2.08. The SMILES string of the molecule is C[S+](C)c1ccc(C(=O)O)cc1.[Cl-]. The Morgan fingerprint density at radius 1 is 1.23 bits per heavy atom. The average Bonchev–Trinajstić information content (AvgIpc) is 2.04. The number of aromatic carboxylic acids is 1. The van der Waals surface area contributed by atoms with Crippen molar-refractivity contribution in [1.82, 2.24) is 0 Å². The molecule has 0 saturated carbocycles. The third-order valence-corrected chi connectivity index (χ3v) is 2.79. The van der Waals surface area contributed by atoms with Gasteiger partial charge in [0.1, 0.15) is 12.5 Å². The van der Waals surface area contributed by atoms with Crippen LogP contribution in [0.1, 0.15) is 10.4 Å². The topological polar surface area (TPSA) is 37.3 Å². The fourth-order valence-corrected chi connectivity index (χ4v) is 1.55. The second-order valence-electron chi connectivity index (χ2n) is 2.65. The van der Waals surface area contributed by atoms with E-state index in [4.69, 9.17) is 5.11 Å². The molecule has 0 atom stereocenters. The van der Waals surface area contributed by atoms with Crippen LogP contribution in [-0.2, 0) is 10.9 Å². The number of hydrogen-bond donors (Lipinski definition) is 1. The van der Waals surface area contributed by atoms with Crippen LogP contribution in [0.3, 0.4) is 0 Å². The van der Waals surface area contributed by atoms with Crippen LogP contribution in [0.4, 0.5) is 0 Å². The molecule has 0 fully saturated rings. The Bertz CT molecular complexity index is 282. The molecule has 0 spiro atoms. The quantitative estimate of drug-likeness (QED) is 0.622. The summed E-state index contributed by atoms with van der Waals surface area (Å²) in [4.78, 5) is 11.7. The van der Waals surface area contributed by atoms with E-state index in [0.29, 0.717) is 5.56 Å². The zero-order valence-electron chi connectivity index (χ0n) is 7.45. The summed E-state index contributed by atoms with van der Waals surface area (Å²) < 4.78 is 0. The van der Waals surface area contributed by atoms with Crippen LogP contribution in [-0.4, -0.2) is 23.6 Å². The molecule has 0 aliphatic heterocycles. The Hall–Kier alpha value is -0.670. The maximum atomic E-state index is 10.5. The predicted molar refractivity (Wildman–Crippen MR) is 50.9 cm³/mol. The lowest BCUT2D eigenvalue weighted by molar-refractivity contribution is -0.0000181. The molecule has 0 radical (unpaired) electrons. The molecule has 0 heterocycles. The van der Waals surface area contributed by atoms with Crippen LogP contribution < -0.4 is 12.4 Å². The summed E-state index contributed by atoms with van der Waals surface area (Å²) in [6.45, 7) is 0. The normalized spacial score (nSPS) is 9.46. The number of hydrogen-bond acceptors (Lipinski definition) is 1. The smallest absolute Gasteiger partial charge is 0.335 e.